The van der Waals surface area contributed by atoms with Crippen molar-refractivity contribution in [2.45, 2.75) is 6.18 Å². The molecule has 0 aliphatic carbocycles. The Bertz CT molecular complexity index is 657. The maximum Gasteiger partial charge on any atom is 0.434 e. The fourth-order valence-corrected chi connectivity index (χ4v) is 1.62. The molecular weight excluding hydrogens is 297 g/mol. The van der Waals surface area contributed by atoms with Gasteiger partial charge in [0.15, 0.2) is 11.5 Å². The molecule has 2 rings (SSSR count). The third-order valence-electron chi connectivity index (χ3n) is 2.39. The first-order valence-electron chi connectivity index (χ1n) is 5.22. The van der Waals surface area contributed by atoms with Crippen LogP contribution in [0.4, 0.5) is 13.2 Å². The lowest BCUT2D eigenvalue weighted by atomic mass is 10.1. The minimum Gasteiger partial charge on any atom is -0.478 e. The van der Waals surface area contributed by atoms with E-state index in [0.29, 0.717) is 16.8 Å². The molecule has 104 valence electrons. The summed E-state index contributed by atoms with van der Waals surface area (Å²) < 4.78 is 38.4. The van der Waals surface area contributed by atoms with E-state index in [1.807, 2.05) is 0 Å². The Hall–Kier alpha value is -2.15. The van der Waals surface area contributed by atoms with Crippen LogP contribution in [0.15, 0.2) is 30.5 Å². The number of rotatable bonds is 2. The van der Waals surface area contributed by atoms with Gasteiger partial charge in [-0.3, -0.25) is 0 Å². The SMILES string of the molecule is O=C(O)c1cnc(-c2ccc(Cl)cc2)nc1C(F)(F)F. The summed E-state index contributed by atoms with van der Waals surface area (Å²) in [5.41, 5.74) is -2.17. The first-order chi connectivity index (χ1) is 9.29. The van der Waals surface area contributed by atoms with Gasteiger partial charge in [0.2, 0.25) is 0 Å². The minimum atomic E-state index is -4.88. The van der Waals surface area contributed by atoms with Gasteiger partial charge in [-0.2, -0.15) is 13.2 Å². The van der Waals surface area contributed by atoms with Crippen LogP contribution in [0.1, 0.15) is 16.1 Å². The van der Waals surface area contributed by atoms with Gasteiger partial charge in [0.25, 0.3) is 0 Å². The number of hydrogen-bond donors (Lipinski definition) is 1. The quantitative estimate of drug-likeness (QED) is 0.922. The lowest BCUT2D eigenvalue weighted by Crippen LogP contribution is -2.16. The summed E-state index contributed by atoms with van der Waals surface area (Å²) >= 11 is 5.67. The Labute approximate surface area is 115 Å². The summed E-state index contributed by atoms with van der Waals surface area (Å²) in [7, 11) is 0. The van der Waals surface area contributed by atoms with Crippen LogP contribution in [0.5, 0.6) is 0 Å². The molecule has 0 saturated heterocycles. The van der Waals surface area contributed by atoms with Crippen LogP contribution < -0.4 is 0 Å². The van der Waals surface area contributed by atoms with Crippen molar-refractivity contribution in [2.75, 3.05) is 0 Å². The molecule has 1 N–H and O–H groups in total. The fraction of sp³-hybridized carbons (Fsp3) is 0.0833. The zero-order chi connectivity index (χ0) is 14.9. The monoisotopic (exact) mass is 302 g/mol. The molecule has 0 radical (unpaired) electrons. The molecule has 0 atom stereocenters. The molecular formula is C12H6ClF3N2O2. The Kier molecular flexibility index (Phi) is 3.63. The summed E-state index contributed by atoms with van der Waals surface area (Å²) in [4.78, 5) is 17.7. The van der Waals surface area contributed by atoms with E-state index in [4.69, 9.17) is 16.7 Å². The molecule has 1 aromatic carbocycles. The average Bonchev–Trinajstić information content (AvgIpc) is 2.38. The van der Waals surface area contributed by atoms with Crippen molar-refractivity contribution in [3.8, 4) is 11.4 Å². The van der Waals surface area contributed by atoms with Gasteiger partial charge < -0.3 is 5.11 Å². The van der Waals surface area contributed by atoms with Crippen molar-refractivity contribution in [2.24, 2.45) is 0 Å². The molecule has 0 saturated carbocycles. The van der Waals surface area contributed by atoms with E-state index in [9.17, 15) is 18.0 Å². The number of benzene rings is 1. The summed E-state index contributed by atoms with van der Waals surface area (Å²) in [6.45, 7) is 0. The van der Waals surface area contributed by atoms with Crippen LogP contribution in [-0.4, -0.2) is 21.0 Å². The smallest absolute Gasteiger partial charge is 0.434 e. The van der Waals surface area contributed by atoms with Gasteiger partial charge in [0.1, 0.15) is 5.56 Å². The topological polar surface area (TPSA) is 63.1 Å². The Morgan fingerprint density at radius 1 is 1.20 bits per heavy atom. The number of halogens is 4. The van der Waals surface area contributed by atoms with E-state index in [0.717, 1.165) is 0 Å². The molecule has 0 unspecified atom stereocenters. The third kappa shape index (κ3) is 2.88. The second-order valence-corrected chi connectivity index (χ2v) is 4.20. The molecule has 0 bridgehead atoms. The maximum absolute atomic E-state index is 12.8. The molecule has 8 heteroatoms. The predicted octanol–water partition coefficient (Wildman–Crippen LogP) is 3.51. The second kappa shape index (κ2) is 5.09. The normalized spacial score (nSPS) is 11.4. The van der Waals surface area contributed by atoms with E-state index >= 15 is 0 Å². The zero-order valence-corrected chi connectivity index (χ0v) is 10.4. The molecule has 1 heterocycles. The van der Waals surface area contributed by atoms with Crippen molar-refractivity contribution in [3.05, 3.63) is 46.7 Å². The number of carbonyl (C=O) groups is 1. The third-order valence-corrected chi connectivity index (χ3v) is 2.64. The Morgan fingerprint density at radius 3 is 2.30 bits per heavy atom. The molecule has 0 aliphatic heterocycles. The molecule has 4 nitrogen and oxygen atoms in total. The summed E-state index contributed by atoms with van der Waals surface area (Å²) in [5.74, 6) is -1.96. The number of carboxylic acids is 1. The molecule has 2 aromatic rings. The van der Waals surface area contributed by atoms with Crippen molar-refractivity contribution >= 4 is 17.6 Å². The zero-order valence-electron chi connectivity index (χ0n) is 9.65. The predicted molar refractivity (Wildman–Crippen MR) is 64.4 cm³/mol. The average molecular weight is 303 g/mol. The van der Waals surface area contributed by atoms with E-state index in [2.05, 4.69) is 9.97 Å². The number of hydrogen-bond acceptors (Lipinski definition) is 3. The van der Waals surface area contributed by atoms with Crippen LogP contribution in [0.2, 0.25) is 5.02 Å². The van der Waals surface area contributed by atoms with Crippen LogP contribution in [-0.2, 0) is 6.18 Å². The number of alkyl halides is 3. The molecule has 0 fully saturated rings. The number of aromatic nitrogens is 2. The van der Waals surface area contributed by atoms with E-state index in [-0.39, 0.29) is 5.82 Å². The Morgan fingerprint density at radius 2 is 1.80 bits per heavy atom. The van der Waals surface area contributed by atoms with Gasteiger partial charge in [-0.1, -0.05) is 11.6 Å². The van der Waals surface area contributed by atoms with Crippen molar-refractivity contribution < 1.29 is 23.1 Å². The molecule has 0 aliphatic rings. The number of aromatic carboxylic acids is 1. The fourth-order valence-electron chi connectivity index (χ4n) is 1.49. The van der Waals surface area contributed by atoms with Crippen LogP contribution in [0.3, 0.4) is 0 Å². The first kappa shape index (κ1) is 14.3. The van der Waals surface area contributed by atoms with Crippen LogP contribution in [0, 0.1) is 0 Å². The summed E-state index contributed by atoms with van der Waals surface area (Å²) in [5, 5.41) is 9.14. The highest BCUT2D eigenvalue weighted by atomic mass is 35.5. The first-order valence-corrected chi connectivity index (χ1v) is 5.60. The van der Waals surface area contributed by atoms with Gasteiger partial charge in [-0.15, -0.1) is 0 Å². The lowest BCUT2D eigenvalue weighted by Gasteiger charge is -2.10. The van der Waals surface area contributed by atoms with Crippen molar-refractivity contribution in [1.29, 1.82) is 0 Å². The standard InChI is InChI=1S/C12H6ClF3N2O2/c13-7-3-1-6(2-4-7)10-17-5-8(11(19)20)9(18-10)12(14,15)16/h1-5H,(H,19,20). The van der Waals surface area contributed by atoms with Gasteiger partial charge in [0.05, 0.1) is 0 Å². The van der Waals surface area contributed by atoms with Gasteiger partial charge in [-0.25, -0.2) is 14.8 Å². The summed E-state index contributed by atoms with van der Waals surface area (Å²) in [6.07, 6.45) is -4.24. The van der Waals surface area contributed by atoms with Gasteiger partial charge >= 0.3 is 12.1 Å². The van der Waals surface area contributed by atoms with Gasteiger partial charge in [-0.05, 0) is 24.3 Å². The molecule has 0 spiro atoms. The van der Waals surface area contributed by atoms with Gasteiger partial charge in [0, 0.05) is 16.8 Å². The molecule has 20 heavy (non-hydrogen) atoms. The van der Waals surface area contributed by atoms with Crippen LogP contribution in [0.25, 0.3) is 11.4 Å². The second-order valence-electron chi connectivity index (χ2n) is 3.77. The number of nitrogens with zero attached hydrogens (tertiary/aromatic N) is 2. The summed E-state index contributed by atoms with van der Waals surface area (Å²) in [6, 6.07) is 5.83. The highest BCUT2D eigenvalue weighted by Crippen LogP contribution is 2.31. The molecule has 1 aromatic heterocycles. The van der Waals surface area contributed by atoms with E-state index in [1.54, 1.807) is 0 Å². The Balaban J connectivity index is 2.58. The largest absolute Gasteiger partial charge is 0.478 e. The highest BCUT2D eigenvalue weighted by Gasteiger charge is 2.38. The highest BCUT2D eigenvalue weighted by molar-refractivity contribution is 6.30. The van der Waals surface area contributed by atoms with Crippen molar-refractivity contribution in [1.82, 2.24) is 9.97 Å². The molecule has 0 amide bonds. The minimum absolute atomic E-state index is 0.223. The van der Waals surface area contributed by atoms with Crippen molar-refractivity contribution in [3.63, 3.8) is 0 Å². The maximum atomic E-state index is 12.8. The van der Waals surface area contributed by atoms with E-state index < -0.39 is 23.4 Å². The lowest BCUT2D eigenvalue weighted by molar-refractivity contribution is -0.141. The number of carboxylic acid groups (broad SMARTS) is 1. The van der Waals surface area contributed by atoms with E-state index in [1.165, 1.54) is 24.3 Å². The van der Waals surface area contributed by atoms with Crippen LogP contribution >= 0.6 is 11.6 Å².